The number of rotatable bonds is 5. The van der Waals surface area contributed by atoms with Crippen LogP contribution >= 0.6 is 0 Å². The molecule has 19 heavy (non-hydrogen) atoms. The summed E-state index contributed by atoms with van der Waals surface area (Å²) in [5, 5.41) is 9.66. The number of hydrogen-bond donors (Lipinski definition) is 1. The minimum absolute atomic E-state index is 0.127. The highest BCUT2D eigenvalue weighted by molar-refractivity contribution is 5.78. The van der Waals surface area contributed by atoms with Crippen LogP contribution < -0.4 is 0 Å². The third-order valence-corrected chi connectivity index (χ3v) is 3.44. The van der Waals surface area contributed by atoms with Crippen molar-refractivity contribution in [2.24, 2.45) is 0 Å². The molecule has 0 aromatic heterocycles. The van der Waals surface area contributed by atoms with Gasteiger partial charge in [0, 0.05) is 26.2 Å². The lowest BCUT2D eigenvalue weighted by Crippen LogP contribution is -2.61. The van der Waals surface area contributed by atoms with Crippen LogP contribution in [-0.2, 0) is 11.3 Å². The molecule has 1 heterocycles. The van der Waals surface area contributed by atoms with E-state index >= 15 is 0 Å². The predicted molar refractivity (Wildman–Crippen MR) is 74.6 cm³/mol. The van der Waals surface area contributed by atoms with E-state index in [2.05, 4.69) is 0 Å². The topological polar surface area (TPSA) is 43.8 Å². The van der Waals surface area contributed by atoms with Crippen LogP contribution in [0.2, 0.25) is 0 Å². The number of β-amino-alcohol motifs (C(OH)–C–C–N with tert-alkyl or cyclic N) is 1. The summed E-state index contributed by atoms with van der Waals surface area (Å²) in [5.41, 5.74) is 0.532. The van der Waals surface area contributed by atoms with Crippen LogP contribution in [0.5, 0.6) is 0 Å². The van der Waals surface area contributed by atoms with Crippen molar-refractivity contribution in [3.05, 3.63) is 35.9 Å². The van der Waals surface area contributed by atoms with Crippen LogP contribution in [0, 0.1) is 0 Å². The standard InChI is InChI=1S/C15H22N2O2/c1-3-17(9-13-7-5-4-6-8-13)14(18)10-16-11-15(2,19)12-16/h4-8,19H,3,9-12H2,1-2H3. The molecule has 104 valence electrons. The third-order valence-electron chi connectivity index (χ3n) is 3.44. The normalized spacial score (nSPS) is 17.8. The Morgan fingerprint density at radius 3 is 2.53 bits per heavy atom. The minimum Gasteiger partial charge on any atom is -0.388 e. The van der Waals surface area contributed by atoms with E-state index in [1.807, 2.05) is 47.1 Å². The molecule has 1 N–H and O–H groups in total. The summed E-state index contributed by atoms with van der Waals surface area (Å²) < 4.78 is 0. The highest BCUT2D eigenvalue weighted by atomic mass is 16.3. The molecule has 2 rings (SSSR count). The fourth-order valence-electron chi connectivity index (χ4n) is 2.50. The number of carbonyl (C=O) groups is 1. The molecule has 1 fully saturated rings. The summed E-state index contributed by atoms with van der Waals surface area (Å²) in [7, 11) is 0. The Morgan fingerprint density at radius 1 is 1.37 bits per heavy atom. The molecule has 0 aliphatic carbocycles. The van der Waals surface area contributed by atoms with Gasteiger partial charge in [-0.05, 0) is 19.4 Å². The summed E-state index contributed by atoms with van der Waals surface area (Å²) in [6.45, 7) is 6.72. The molecule has 4 heteroatoms. The molecule has 1 saturated heterocycles. The van der Waals surface area contributed by atoms with Gasteiger partial charge in [0.15, 0.2) is 0 Å². The van der Waals surface area contributed by atoms with Gasteiger partial charge in [0.2, 0.25) is 5.91 Å². The molecular formula is C15H22N2O2. The largest absolute Gasteiger partial charge is 0.388 e. The molecule has 0 saturated carbocycles. The van der Waals surface area contributed by atoms with Crippen molar-refractivity contribution in [3.63, 3.8) is 0 Å². The molecule has 0 bridgehead atoms. The van der Waals surface area contributed by atoms with Crippen LogP contribution in [-0.4, -0.2) is 52.6 Å². The number of aliphatic hydroxyl groups is 1. The van der Waals surface area contributed by atoms with Crippen LogP contribution in [0.4, 0.5) is 0 Å². The van der Waals surface area contributed by atoms with Gasteiger partial charge in [-0.25, -0.2) is 0 Å². The van der Waals surface area contributed by atoms with Gasteiger partial charge in [-0.15, -0.1) is 0 Å². The van der Waals surface area contributed by atoms with E-state index in [0.717, 1.165) is 5.56 Å². The highest BCUT2D eigenvalue weighted by Gasteiger charge is 2.37. The van der Waals surface area contributed by atoms with E-state index in [1.165, 1.54) is 0 Å². The van der Waals surface area contributed by atoms with Crippen LogP contribution in [0.25, 0.3) is 0 Å². The Kier molecular flexibility index (Phi) is 4.22. The molecule has 0 spiro atoms. The van der Waals surface area contributed by atoms with Gasteiger partial charge < -0.3 is 10.0 Å². The summed E-state index contributed by atoms with van der Waals surface area (Å²) in [6, 6.07) is 10.0. The number of hydrogen-bond acceptors (Lipinski definition) is 3. The first-order valence-electron chi connectivity index (χ1n) is 6.76. The Bertz CT molecular complexity index is 423. The summed E-state index contributed by atoms with van der Waals surface area (Å²) >= 11 is 0. The van der Waals surface area contributed by atoms with Gasteiger partial charge in [0.25, 0.3) is 0 Å². The SMILES string of the molecule is CCN(Cc1ccccc1)C(=O)CN1CC(C)(O)C1. The maximum absolute atomic E-state index is 12.2. The molecule has 1 aromatic rings. The molecule has 1 aliphatic heterocycles. The zero-order valence-electron chi connectivity index (χ0n) is 11.7. The fraction of sp³-hybridized carbons (Fsp3) is 0.533. The van der Waals surface area contributed by atoms with E-state index in [0.29, 0.717) is 32.7 Å². The number of likely N-dealkylation sites (tertiary alicyclic amines) is 1. The maximum Gasteiger partial charge on any atom is 0.237 e. The number of amides is 1. The average Bonchev–Trinajstić information content (AvgIpc) is 2.34. The average molecular weight is 262 g/mol. The number of carbonyl (C=O) groups excluding carboxylic acids is 1. The van der Waals surface area contributed by atoms with Gasteiger partial charge in [0.1, 0.15) is 0 Å². The Balaban J connectivity index is 1.86. The zero-order valence-corrected chi connectivity index (χ0v) is 11.7. The van der Waals surface area contributed by atoms with E-state index < -0.39 is 5.60 Å². The Labute approximate surface area is 114 Å². The predicted octanol–water partition coefficient (Wildman–Crippen LogP) is 1.10. The smallest absolute Gasteiger partial charge is 0.237 e. The van der Waals surface area contributed by atoms with Crippen LogP contribution in [0.15, 0.2) is 30.3 Å². The Hall–Kier alpha value is -1.39. The second-order valence-corrected chi connectivity index (χ2v) is 5.54. The molecule has 0 unspecified atom stereocenters. The lowest BCUT2D eigenvalue weighted by atomic mass is 9.97. The summed E-state index contributed by atoms with van der Waals surface area (Å²) in [5.74, 6) is 0.127. The van der Waals surface area contributed by atoms with Gasteiger partial charge in [0.05, 0.1) is 12.1 Å². The molecular weight excluding hydrogens is 240 g/mol. The van der Waals surface area contributed by atoms with Crippen molar-refractivity contribution in [2.45, 2.75) is 26.0 Å². The van der Waals surface area contributed by atoms with E-state index in [-0.39, 0.29) is 5.91 Å². The minimum atomic E-state index is -0.614. The monoisotopic (exact) mass is 262 g/mol. The van der Waals surface area contributed by atoms with Crippen molar-refractivity contribution < 1.29 is 9.90 Å². The molecule has 0 atom stereocenters. The lowest BCUT2D eigenvalue weighted by molar-refractivity contribution is -0.140. The van der Waals surface area contributed by atoms with E-state index in [9.17, 15) is 9.90 Å². The fourth-order valence-corrected chi connectivity index (χ4v) is 2.50. The van der Waals surface area contributed by atoms with Crippen LogP contribution in [0.3, 0.4) is 0 Å². The number of benzene rings is 1. The number of likely N-dealkylation sites (N-methyl/N-ethyl adjacent to an activating group) is 1. The Morgan fingerprint density at radius 2 is 2.00 bits per heavy atom. The van der Waals surface area contributed by atoms with Gasteiger partial charge in [-0.2, -0.15) is 0 Å². The van der Waals surface area contributed by atoms with Gasteiger partial charge >= 0.3 is 0 Å². The van der Waals surface area contributed by atoms with E-state index in [1.54, 1.807) is 6.92 Å². The van der Waals surface area contributed by atoms with Gasteiger partial charge in [-0.3, -0.25) is 9.69 Å². The summed E-state index contributed by atoms with van der Waals surface area (Å²) in [6.07, 6.45) is 0. The quantitative estimate of drug-likeness (QED) is 0.864. The molecule has 1 amide bonds. The first-order valence-corrected chi connectivity index (χ1v) is 6.76. The van der Waals surface area contributed by atoms with Crippen LogP contribution in [0.1, 0.15) is 19.4 Å². The highest BCUT2D eigenvalue weighted by Crippen LogP contribution is 2.19. The number of nitrogens with zero attached hydrogens (tertiary/aromatic N) is 2. The molecule has 1 aromatic carbocycles. The van der Waals surface area contributed by atoms with Crippen molar-refractivity contribution in [1.29, 1.82) is 0 Å². The van der Waals surface area contributed by atoms with Crippen molar-refractivity contribution in [2.75, 3.05) is 26.2 Å². The lowest BCUT2D eigenvalue weighted by Gasteiger charge is -2.44. The van der Waals surface area contributed by atoms with Crippen molar-refractivity contribution >= 4 is 5.91 Å². The molecule has 0 radical (unpaired) electrons. The van der Waals surface area contributed by atoms with Gasteiger partial charge in [-0.1, -0.05) is 30.3 Å². The zero-order chi connectivity index (χ0) is 13.9. The molecule has 4 nitrogen and oxygen atoms in total. The second-order valence-electron chi connectivity index (χ2n) is 5.54. The maximum atomic E-state index is 12.2. The third kappa shape index (κ3) is 3.78. The van der Waals surface area contributed by atoms with E-state index in [4.69, 9.17) is 0 Å². The second kappa shape index (κ2) is 5.72. The summed E-state index contributed by atoms with van der Waals surface area (Å²) in [4.78, 5) is 16.0. The van der Waals surface area contributed by atoms with Crippen molar-refractivity contribution in [1.82, 2.24) is 9.80 Å². The first-order chi connectivity index (χ1) is 9.00. The molecule has 1 aliphatic rings. The van der Waals surface area contributed by atoms with Crippen molar-refractivity contribution in [3.8, 4) is 0 Å². The first kappa shape index (κ1) is 14.0.